The molecule has 2 N–H and O–H groups in total. The highest BCUT2D eigenvalue weighted by atomic mass is 16.5. The van der Waals surface area contributed by atoms with Crippen LogP contribution in [0.2, 0.25) is 0 Å². The van der Waals surface area contributed by atoms with Crippen molar-refractivity contribution in [2.45, 2.75) is 32.7 Å². The van der Waals surface area contributed by atoms with Crippen molar-refractivity contribution in [1.82, 2.24) is 4.90 Å². The summed E-state index contributed by atoms with van der Waals surface area (Å²) in [5, 5.41) is 0. The summed E-state index contributed by atoms with van der Waals surface area (Å²) in [4.78, 5) is 13.5. The van der Waals surface area contributed by atoms with Gasteiger partial charge in [0, 0.05) is 6.04 Å². The van der Waals surface area contributed by atoms with Crippen LogP contribution < -0.4 is 10.5 Å². The van der Waals surface area contributed by atoms with E-state index in [0.29, 0.717) is 19.2 Å². The zero-order valence-electron chi connectivity index (χ0n) is 11.7. The minimum atomic E-state index is 0.0196. The van der Waals surface area contributed by atoms with Crippen LogP contribution in [-0.2, 0) is 4.79 Å². The minimum Gasteiger partial charge on any atom is -0.492 e. The molecule has 1 aliphatic rings. The summed E-state index contributed by atoms with van der Waals surface area (Å²) in [6.07, 6.45) is 2.19. The molecule has 0 unspecified atom stereocenters. The summed E-state index contributed by atoms with van der Waals surface area (Å²) < 4.78 is 5.71. The van der Waals surface area contributed by atoms with E-state index in [-0.39, 0.29) is 12.5 Å². The Labute approximate surface area is 114 Å². The molecule has 0 saturated heterocycles. The smallest absolute Gasteiger partial charge is 0.236 e. The zero-order chi connectivity index (χ0) is 13.8. The molecular weight excluding hydrogens is 240 g/mol. The van der Waals surface area contributed by atoms with Crippen LogP contribution in [0, 0.1) is 13.8 Å². The van der Waals surface area contributed by atoms with Gasteiger partial charge in [-0.2, -0.15) is 0 Å². The van der Waals surface area contributed by atoms with Crippen molar-refractivity contribution in [1.29, 1.82) is 0 Å². The van der Waals surface area contributed by atoms with E-state index in [4.69, 9.17) is 10.5 Å². The number of ether oxygens (including phenoxy) is 1. The summed E-state index contributed by atoms with van der Waals surface area (Å²) in [6, 6.07) is 6.43. The number of benzene rings is 1. The van der Waals surface area contributed by atoms with Gasteiger partial charge in [-0.1, -0.05) is 6.07 Å². The molecule has 1 aromatic carbocycles. The van der Waals surface area contributed by atoms with Gasteiger partial charge in [-0.05, 0) is 49.9 Å². The van der Waals surface area contributed by atoms with Gasteiger partial charge in [0.15, 0.2) is 0 Å². The number of nitrogens with two attached hydrogens (primary N) is 1. The van der Waals surface area contributed by atoms with Crippen molar-refractivity contribution in [3.05, 3.63) is 29.3 Å². The second-order valence-corrected chi connectivity index (χ2v) is 5.12. The Kier molecular flexibility index (Phi) is 4.43. The standard InChI is InChI=1S/C15H22N2O2/c1-11-3-6-14(9-12(11)2)19-8-7-17(13-4-5-13)15(18)10-16/h3,6,9,13H,4-5,7-8,10,16H2,1-2H3. The first-order valence-electron chi connectivity index (χ1n) is 6.81. The van der Waals surface area contributed by atoms with Gasteiger partial charge in [-0.15, -0.1) is 0 Å². The van der Waals surface area contributed by atoms with Crippen molar-refractivity contribution in [3.8, 4) is 5.75 Å². The molecule has 0 aliphatic heterocycles. The molecule has 0 heterocycles. The van der Waals surface area contributed by atoms with Crippen LogP contribution in [0.4, 0.5) is 0 Å². The summed E-state index contributed by atoms with van der Waals surface area (Å²) >= 11 is 0. The molecule has 1 aromatic rings. The maximum absolute atomic E-state index is 11.7. The molecule has 2 rings (SSSR count). The van der Waals surface area contributed by atoms with Crippen LogP contribution in [0.3, 0.4) is 0 Å². The number of hydrogen-bond acceptors (Lipinski definition) is 3. The maximum Gasteiger partial charge on any atom is 0.236 e. The lowest BCUT2D eigenvalue weighted by Crippen LogP contribution is -2.40. The van der Waals surface area contributed by atoms with E-state index < -0.39 is 0 Å². The molecule has 0 aromatic heterocycles. The van der Waals surface area contributed by atoms with Gasteiger partial charge in [0.1, 0.15) is 12.4 Å². The van der Waals surface area contributed by atoms with Crippen molar-refractivity contribution >= 4 is 5.91 Å². The van der Waals surface area contributed by atoms with Crippen LogP contribution in [0.5, 0.6) is 5.75 Å². The predicted octanol–water partition coefficient (Wildman–Crippen LogP) is 1.63. The third-order valence-corrected chi connectivity index (χ3v) is 3.56. The second-order valence-electron chi connectivity index (χ2n) is 5.12. The molecule has 104 valence electrons. The van der Waals surface area contributed by atoms with Gasteiger partial charge >= 0.3 is 0 Å². The first kappa shape index (κ1) is 13.9. The van der Waals surface area contributed by atoms with Crippen molar-refractivity contribution in [2.24, 2.45) is 5.73 Å². The average Bonchev–Trinajstić information content (AvgIpc) is 3.22. The molecule has 0 spiro atoms. The van der Waals surface area contributed by atoms with E-state index in [1.54, 1.807) is 0 Å². The molecule has 4 nitrogen and oxygen atoms in total. The molecular formula is C15H22N2O2. The van der Waals surface area contributed by atoms with Gasteiger partial charge in [0.05, 0.1) is 13.1 Å². The lowest BCUT2D eigenvalue weighted by molar-refractivity contribution is -0.130. The third kappa shape index (κ3) is 3.70. The average molecular weight is 262 g/mol. The minimum absolute atomic E-state index is 0.0196. The maximum atomic E-state index is 11.7. The molecule has 0 atom stereocenters. The number of hydrogen-bond donors (Lipinski definition) is 1. The fourth-order valence-corrected chi connectivity index (χ4v) is 2.08. The molecule has 4 heteroatoms. The van der Waals surface area contributed by atoms with Gasteiger partial charge in [-0.25, -0.2) is 0 Å². The van der Waals surface area contributed by atoms with E-state index in [1.165, 1.54) is 11.1 Å². The number of rotatable bonds is 6. The van der Waals surface area contributed by atoms with Crippen LogP contribution in [0.25, 0.3) is 0 Å². The quantitative estimate of drug-likeness (QED) is 0.847. The Bertz CT molecular complexity index is 455. The summed E-state index contributed by atoms with van der Waals surface area (Å²) in [6.45, 7) is 5.36. The van der Waals surface area contributed by atoms with Crippen molar-refractivity contribution in [2.75, 3.05) is 19.7 Å². The van der Waals surface area contributed by atoms with Crippen molar-refractivity contribution in [3.63, 3.8) is 0 Å². The normalized spacial score (nSPS) is 14.3. The SMILES string of the molecule is Cc1ccc(OCCN(C(=O)CN)C2CC2)cc1C. The summed E-state index contributed by atoms with van der Waals surface area (Å²) in [5.41, 5.74) is 7.90. The van der Waals surface area contributed by atoms with Gasteiger partial charge in [0.2, 0.25) is 5.91 Å². The molecule has 1 saturated carbocycles. The topological polar surface area (TPSA) is 55.6 Å². The first-order valence-corrected chi connectivity index (χ1v) is 6.81. The van der Waals surface area contributed by atoms with Crippen LogP contribution in [-0.4, -0.2) is 36.5 Å². The Morgan fingerprint density at radius 2 is 2.11 bits per heavy atom. The Balaban J connectivity index is 1.84. The largest absolute Gasteiger partial charge is 0.492 e. The van der Waals surface area contributed by atoms with Crippen LogP contribution >= 0.6 is 0 Å². The molecule has 0 radical (unpaired) electrons. The van der Waals surface area contributed by atoms with Crippen LogP contribution in [0.1, 0.15) is 24.0 Å². The van der Waals surface area contributed by atoms with Gasteiger partial charge in [-0.3, -0.25) is 4.79 Å². The van der Waals surface area contributed by atoms with Gasteiger partial charge in [0.25, 0.3) is 0 Å². The Morgan fingerprint density at radius 1 is 1.37 bits per heavy atom. The lowest BCUT2D eigenvalue weighted by atomic mass is 10.1. The van der Waals surface area contributed by atoms with E-state index in [9.17, 15) is 4.79 Å². The molecule has 1 aliphatic carbocycles. The Hall–Kier alpha value is -1.55. The van der Waals surface area contributed by atoms with Crippen LogP contribution in [0.15, 0.2) is 18.2 Å². The van der Waals surface area contributed by atoms with E-state index >= 15 is 0 Å². The Morgan fingerprint density at radius 3 is 2.68 bits per heavy atom. The molecule has 1 amide bonds. The number of nitrogens with zero attached hydrogens (tertiary/aromatic N) is 1. The highest BCUT2D eigenvalue weighted by Gasteiger charge is 2.31. The molecule has 1 fully saturated rings. The monoisotopic (exact) mass is 262 g/mol. The van der Waals surface area contributed by atoms with E-state index in [0.717, 1.165) is 18.6 Å². The summed E-state index contributed by atoms with van der Waals surface area (Å²) in [5.74, 6) is 0.880. The van der Waals surface area contributed by atoms with E-state index in [1.807, 2.05) is 23.1 Å². The van der Waals surface area contributed by atoms with Gasteiger partial charge < -0.3 is 15.4 Å². The lowest BCUT2D eigenvalue weighted by Gasteiger charge is -2.21. The first-order chi connectivity index (χ1) is 9.11. The predicted molar refractivity (Wildman–Crippen MR) is 75.2 cm³/mol. The molecule has 19 heavy (non-hydrogen) atoms. The zero-order valence-corrected chi connectivity index (χ0v) is 11.7. The van der Waals surface area contributed by atoms with E-state index in [2.05, 4.69) is 13.8 Å². The number of aryl methyl sites for hydroxylation is 2. The number of carbonyl (C=O) groups is 1. The fourth-order valence-electron chi connectivity index (χ4n) is 2.08. The number of carbonyl (C=O) groups excluding carboxylic acids is 1. The van der Waals surface area contributed by atoms with Crippen molar-refractivity contribution < 1.29 is 9.53 Å². The highest BCUT2D eigenvalue weighted by Crippen LogP contribution is 2.26. The summed E-state index contributed by atoms with van der Waals surface area (Å²) in [7, 11) is 0. The third-order valence-electron chi connectivity index (χ3n) is 3.56. The second kappa shape index (κ2) is 6.06. The number of amides is 1. The molecule has 0 bridgehead atoms. The fraction of sp³-hybridized carbons (Fsp3) is 0.533. The highest BCUT2D eigenvalue weighted by molar-refractivity contribution is 5.78.